The Morgan fingerprint density at radius 2 is 2.28 bits per heavy atom. The third-order valence-electron chi connectivity index (χ3n) is 5.08. The molecule has 2 fully saturated rings. The Hall–Kier alpha value is -0.380. The summed E-state index contributed by atoms with van der Waals surface area (Å²) in [6.45, 7) is 6.09. The predicted octanol–water partition coefficient (Wildman–Crippen LogP) is 3.13. The lowest BCUT2D eigenvalue weighted by molar-refractivity contribution is 0.222. The van der Waals surface area contributed by atoms with E-state index >= 15 is 0 Å². The summed E-state index contributed by atoms with van der Waals surface area (Å²) in [6, 6.07) is 5.00. The van der Waals surface area contributed by atoms with Crippen LogP contribution in [0.25, 0.3) is 0 Å². The summed E-state index contributed by atoms with van der Waals surface area (Å²) in [5.41, 5.74) is 0.717. The van der Waals surface area contributed by atoms with E-state index in [-0.39, 0.29) is 0 Å². The smallest absolute Gasteiger partial charge is 0.0410 e. The van der Waals surface area contributed by atoms with Gasteiger partial charge in [-0.15, -0.1) is 11.3 Å². The second kappa shape index (κ2) is 4.95. The monoisotopic (exact) mass is 264 g/mol. The zero-order valence-electron chi connectivity index (χ0n) is 11.5. The third kappa shape index (κ3) is 2.36. The molecule has 1 N–H and O–H groups in total. The number of thiophene rings is 1. The molecule has 1 aliphatic heterocycles. The highest BCUT2D eigenvalue weighted by atomic mass is 32.1. The highest BCUT2D eigenvalue weighted by molar-refractivity contribution is 7.10. The Kier molecular flexibility index (Phi) is 3.48. The van der Waals surface area contributed by atoms with Crippen LogP contribution in [0.3, 0.4) is 0 Å². The zero-order valence-corrected chi connectivity index (χ0v) is 12.3. The first-order chi connectivity index (χ1) is 8.71. The van der Waals surface area contributed by atoms with Crippen LogP contribution in [-0.2, 0) is 0 Å². The van der Waals surface area contributed by atoms with Crippen molar-refractivity contribution in [2.24, 2.45) is 11.3 Å². The first-order valence-corrected chi connectivity index (χ1v) is 8.04. The fourth-order valence-corrected chi connectivity index (χ4v) is 4.33. The van der Waals surface area contributed by atoms with E-state index in [9.17, 15) is 0 Å². The van der Waals surface area contributed by atoms with E-state index in [1.807, 2.05) is 11.3 Å². The van der Waals surface area contributed by atoms with Crippen molar-refractivity contribution in [3.63, 3.8) is 0 Å². The fourth-order valence-electron chi connectivity index (χ4n) is 3.48. The highest BCUT2D eigenvalue weighted by Gasteiger charge is 2.53. The van der Waals surface area contributed by atoms with Crippen LogP contribution >= 0.6 is 11.3 Å². The SMILES string of the molecule is CC(c1cccs1)N(C)CC1CC12CCNCC2. The van der Waals surface area contributed by atoms with Crippen LogP contribution in [0.2, 0.25) is 0 Å². The molecular weight excluding hydrogens is 240 g/mol. The van der Waals surface area contributed by atoms with Gasteiger partial charge in [0.2, 0.25) is 0 Å². The third-order valence-corrected chi connectivity index (χ3v) is 6.13. The molecule has 1 aromatic heterocycles. The summed E-state index contributed by atoms with van der Waals surface area (Å²) in [5.74, 6) is 0.951. The Morgan fingerprint density at radius 1 is 1.50 bits per heavy atom. The Bertz CT molecular complexity index is 381. The maximum Gasteiger partial charge on any atom is 0.0410 e. The largest absolute Gasteiger partial charge is 0.317 e. The second-order valence-electron chi connectivity index (χ2n) is 6.14. The average molecular weight is 264 g/mol. The van der Waals surface area contributed by atoms with Gasteiger partial charge >= 0.3 is 0 Å². The van der Waals surface area contributed by atoms with Gasteiger partial charge in [0, 0.05) is 17.5 Å². The van der Waals surface area contributed by atoms with E-state index in [1.165, 1.54) is 43.8 Å². The van der Waals surface area contributed by atoms with Gasteiger partial charge in [-0.25, -0.2) is 0 Å². The van der Waals surface area contributed by atoms with Crippen molar-refractivity contribution in [1.82, 2.24) is 10.2 Å². The number of hydrogen-bond acceptors (Lipinski definition) is 3. The topological polar surface area (TPSA) is 15.3 Å². The Balaban J connectivity index is 1.54. The Labute approximate surface area is 114 Å². The minimum absolute atomic E-state index is 0.573. The summed E-state index contributed by atoms with van der Waals surface area (Å²) in [5, 5.41) is 5.67. The molecule has 2 unspecified atom stereocenters. The first kappa shape index (κ1) is 12.6. The molecule has 100 valence electrons. The van der Waals surface area contributed by atoms with Gasteiger partial charge in [-0.3, -0.25) is 4.90 Å². The van der Waals surface area contributed by atoms with E-state index in [0.717, 1.165) is 5.92 Å². The molecule has 1 saturated heterocycles. The number of nitrogens with one attached hydrogen (secondary N) is 1. The van der Waals surface area contributed by atoms with Gasteiger partial charge in [0.05, 0.1) is 0 Å². The predicted molar refractivity (Wildman–Crippen MR) is 78.0 cm³/mol. The van der Waals surface area contributed by atoms with Crippen molar-refractivity contribution in [2.45, 2.75) is 32.2 Å². The first-order valence-electron chi connectivity index (χ1n) is 7.16. The van der Waals surface area contributed by atoms with Gasteiger partial charge in [-0.1, -0.05) is 6.07 Å². The number of rotatable bonds is 4. The number of nitrogens with zero attached hydrogens (tertiary/aromatic N) is 1. The molecule has 0 aromatic carbocycles. The van der Waals surface area contributed by atoms with E-state index in [1.54, 1.807) is 0 Å². The minimum Gasteiger partial charge on any atom is -0.317 e. The molecule has 1 aromatic rings. The van der Waals surface area contributed by atoms with E-state index in [2.05, 4.69) is 41.7 Å². The molecule has 18 heavy (non-hydrogen) atoms. The zero-order chi connectivity index (χ0) is 12.6. The molecule has 3 heteroatoms. The van der Waals surface area contributed by atoms with Gasteiger partial charge in [0.15, 0.2) is 0 Å². The molecule has 1 aliphatic carbocycles. The van der Waals surface area contributed by atoms with Crippen LogP contribution in [0.5, 0.6) is 0 Å². The normalized spacial score (nSPS) is 27.6. The lowest BCUT2D eigenvalue weighted by Gasteiger charge is -2.28. The molecule has 3 rings (SSSR count). The van der Waals surface area contributed by atoms with Gasteiger partial charge < -0.3 is 5.32 Å². The maximum atomic E-state index is 3.49. The summed E-state index contributed by atoms with van der Waals surface area (Å²) in [6.07, 6.45) is 4.27. The minimum atomic E-state index is 0.573. The molecule has 0 bridgehead atoms. The molecule has 2 heterocycles. The molecule has 0 amide bonds. The summed E-state index contributed by atoms with van der Waals surface area (Å²) in [7, 11) is 2.29. The summed E-state index contributed by atoms with van der Waals surface area (Å²) >= 11 is 1.88. The number of piperidine rings is 1. The van der Waals surface area contributed by atoms with Crippen LogP contribution in [0.1, 0.15) is 37.1 Å². The van der Waals surface area contributed by atoms with Gasteiger partial charge in [0.25, 0.3) is 0 Å². The van der Waals surface area contributed by atoms with Crippen LogP contribution in [0, 0.1) is 11.3 Å². The van der Waals surface area contributed by atoms with E-state index < -0.39 is 0 Å². The van der Waals surface area contributed by atoms with Crippen LogP contribution < -0.4 is 5.32 Å². The van der Waals surface area contributed by atoms with Crippen molar-refractivity contribution in [2.75, 3.05) is 26.7 Å². The molecular formula is C15H24N2S. The fraction of sp³-hybridized carbons (Fsp3) is 0.733. The van der Waals surface area contributed by atoms with E-state index in [4.69, 9.17) is 0 Å². The lowest BCUT2D eigenvalue weighted by Crippen LogP contribution is -2.32. The molecule has 1 spiro atoms. The van der Waals surface area contributed by atoms with Crippen LogP contribution in [0.15, 0.2) is 17.5 Å². The molecule has 2 aliphatic rings. The molecule has 2 nitrogen and oxygen atoms in total. The molecule has 1 saturated carbocycles. The van der Waals surface area contributed by atoms with E-state index in [0.29, 0.717) is 11.5 Å². The van der Waals surface area contributed by atoms with Crippen molar-refractivity contribution in [1.29, 1.82) is 0 Å². The van der Waals surface area contributed by atoms with Crippen molar-refractivity contribution in [3.05, 3.63) is 22.4 Å². The van der Waals surface area contributed by atoms with Crippen molar-refractivity contribution < 1.29 is 0 Å². The molecule has 0 radical (unpaired) electrons. The van der Waals surface area contributed by atoms with Crippen molar-refractivity contribution in [3.8, 4) is 0 Å². The summed E-state index contributed by atoms with van der Waals surface area (Å²) in [4.78, 5) is 4.05. The van der Waals surface area contributed by atoms with Gasteiger partial charge in [0.1, 0.15) is 0 Å². The second-order valence-corrected chi connectivity index (χ2v) is 7.12. The summed E-state index contributed by atoms with van der Waals surface area (Å²) < 4.78 is 0. The highest BCUT2D eigenvalue weighted by Crippen LogP contribution is 2.58. The average Bonchev–Trinajstić information content (AvgIpc) is 2.85. The van der Waals surface area contributed by atoms with Gasteiger partial charge in [-0.05, 0) is 69.1 Å². The number of hydrogen-bond donors (Lipinski definition) is 1. The van der Waals surface area contributed by atoms with Crippen molar-refractivity contribution >= 4 is 11.3 Å². The maximum absolute atomic E-state index is 3.49. The lowest BCUT2D eigenvalue weighted by atomic mass is 9.92. The van der Waals surface area contributed by atoms with Crippen LogP contribution in [-0.4, -0.2) is 31.6 Å². The van der Waals surface area contributed by atoms with Crippen LogP contribution in [0.4, 0.5) is 0 Å². The quantitative estimate of drug-likeness (QED) is 0.899. The standard InChI is InChI=1S/C15H24N2S/c1-12(14-4-3-9-18-14)17(2)11-13-10-15(13)5-7-16-8-6-15/h3-4,9,12-13,16H,5-8,10-11H2,1-2H3. The van der Waals surface area contributed by atoms with Gasteiger partial charge in [-0.2, -0.15) is 0 Å². The molecule has 2 atom stereocenters. The Morgan fingerprint density at radius 3 is 2.94 bits per heavy atom.